The predicted molar refractivity (Wildman–Crippen MR) is 80.1 cm³/mol. The molecule has 0 bridgehead atoms. The van der Waals surface area contributed by atoms with Crippen molar-refractivity contribution in [2.45, 2.75) is 31.5 Å². The Hall–Kier alpha value is -2.58. The molecular formula is C15H16F3N5O. The highest BCUT2D eigenvalue weighted by Gasteiger charge is 2.33. The first-order valence-corrected chi connectivity index (χ1v) is 7.56. The molecule has 0 radical (unpaired) electrons. The van der Waals surface area contributed by atoms with Crippen LogP contribution >= 0.6 is 0 Å². The number of rotatable bonds is 2. The van der Waals surface area contributed by atoms with E-state index in [9.17, 15) is 18.0 Å². The summed E-state index contributed by atoms with van der Waals surface area (Å²) in [6, 6.07) is 2.81. The number of amides is 2. The Morgan fingerprint density at radius 1 is 1.33 bits per heavy atom. The molecule has 1 aliphatic rings. The number of likely N-dealkylation sites (tertiary alicyclic amines) is 1. The maximum absolute atomic E-state index is 12.7. The number of piperidine rings is 1. The first kappa shape index (κ1) is 16.3. The van der Waals surface area contributed by atoms with E-state index < -0.39 is 17.9 Å². The van der Waals surface area contributed by atoms with Crippen molar-refractivity contribution in [3.05, 3.63) is 41.9 Å². The molecule has 6 nitrogen and oxygen atoms in total. The molecule has 0 aliphatic carbocycles. The van der Waals surface area contributed by atoms with Crippen molar-refractivity contribution in [1.29, 1.82) is 0 Å². The average Bonchev–Trinajstić information content (AvgIpc) is 3.08. The monoisotopic (exact) mass is 339 g/mol. The minimum atomic E-state index is -4.55. The largest absolute Gasteiger partial charge is 0.433 e. The van der Waals surface area contributed by atoms with Crippen LogP contribution in [0.25, 0.3) is 0 Å². The third-order valence-corrected chi connectivity index (χ3v) is 3.94. The normalized spacial score (nSPS) is 18.5. The van der Waals surface area contributed by atoms with E-state index in [0.717, 1.165) is 30.9 Å². The van der Waals surface area contributed by atoms with Crippen LogP contribution in [0.15, 0.2) is 30.6 Å². The molecule has 3 rings (SSSR count). The van der Waals surface area contributed by atoms with E-state index in [4.69, 9.17) is 0 Å². The van der Waals surface area contributed by atoms with Crippen molar-refractivity contribution < 1.29 is 18.0 Å². The van der Waals surface area contributed by atoms with Gasteiger partial charge in [-0.15, -0.1) is 0 Å². The van der Waals surface area contributed by atoms with E-state index in [1.165, 1.54) is 12.1 Å². The summed E-state index contributed by atoms with van der Waals surface area (Å²) in [6.07, 6.45) is 1.42. The third-order valence-electron chi connectivity index (χ3n) is 3.94. The predicted octanol–water partition coefficient (Wildman–Crippen LogP) is 3.58. The Labute approximate surface area is 136 Å². The SMILES string of the molecule is O=C(Nc1cccc(C(F)(F)F)n1)N1CCCCC1c1cn[nH]c1. The minimum absolute atomic E-state index is 0.119. The maximum atomic E-state index is 12.7. The van der Waals surface area contributed by atoms with Gasteiger partial charge in [0.1, 0.15) is 11.5 Å². The zero-order valence-electron chi connectivity index (χ0n) is 12.7. The Balaban J connectivity index is 1.76. The van der Waals surface area contributed by atoms with Crippen LogP contribution in [0.4, 0.5) is 23.8 Å². The molecule has 0 spiro atoms. The lowest BCUT2D eigenvalue weighted by molar-refractivity contribution is -0.141. The second-order valence-electron chi connectivity index (χ2n) is 5.57. The zero-order valence-corrected chi connectivity index (χ0v) is 12.7. The van der Waals surface area contributed by atoms with Crippen LogP contribution < -0.4 is 5.32 Å². The number of nitrogens with zero attached hydrogens (tertiary/aromatic N) is 3. The molecular weight excluding hydrogens is 323 g/mol. The first-order valence-electron chi connectivity index (χ1n) is 7.56. The number of carbonyl (C=O) groups is 1. The van der Waals surface area contributed by atoms with Crippen LogP contribution in [0.2, 0.25) is 0 Å². The first-order chi connectivity index (χ1) is 11.4. The lowest BCUT2D eigenvalue weighted by atomic mass is 9.98. The fourth-order valence-corrected chi connectivity index (χ4v) is 2.81. The number of H-pyrrole nitrogens is 1. The summed E-state index contributed by atoms with van der Waals surface area (Å²) >= 11 is 0. The lowest BCUT2D eigenvalue weighted by Gasteiger charge is -2.35. The van der Waals surface area contributed by atoms with Gasteiger partial charge >= 0.3 is 12.2 Å². The fourth-order valence-electron chi connectivity index (χ4n) is 2.81. The number of carbonyl (C=O) groups excluding carboxylic acids is 1. The quantitative estimate of drug-likeness (QED) is 0.878. The molecule has 2 amide bonds. The number of aromatic nitrogens is 3. The van der Waals surface area contributed by atoms with E-state index in [1.54, 1.807) is 17.3 Å². The Kier molecular flexibility index (Phi) is 4.41. The van der Waals surface area contributed by atoms with Crippen molar-refractivity contribution >= 4 is 11.8 Å². The minimum Gasteiger partial charge on any atom is -0.317 e. The molecule has 1 saturated heterocycles. The summed E-state index contributed by atoms with van der Waals surface area (Å²) in [5, 5.41) is 9.07. The van der Waals surface area contributed by atoms with Crippen LogP contribution in [-0.4, -0.2) is 32.7 Å². The number of halogens is 3. The third kappa shape index (κ3) is 3.50. The van der Waals surface area contributed by atoms with Gasteiger partial charge < -0.3 is 4.90 Å². The number of nitrogens with one attached hydrogen (secondary N) is 2. The van der Waals surface area contributed by atoms with Gasteiger partial charge in [-0.25, -0.2) is 9.78 Å². The van der Waals surface area contributed by atoms with E-state index in [2.05, 4.69) is 20.5 Å². The molecule has 24 heavy (non-hydrogen) atoms. The molecule has 0 aromatic carbocycles. The van der Waals surface area contributed by atoms with Crippen LogP contribution in [0.3, 0.4) is 0 Å². The van der Waals surface area contributed by atoms with Gasteiger partial charge in [0.25, 0.3) is 0 Å². The van der Waals surface area contributed by atoms with E-state index in [1.807, 2.05) is 0 Å². The summed E-state index contributed by atoms with van der Waals surface area (Å²) in [4.78, 5) is 17.6. The summed E-state index contributed by atoms with van der Waals surface area (Å²) < 4.78 is 38.1. The summed E-state index contributed by atoms with van der Waals surface area (Å²) in [5.41, 5.74) is -0.160. The highest BCUT2D eigenvalue weighted by Crippen LogP contribution is 2.31. The van der Waals surface area contributed by atoms with E-state index in [-0.39, 0.29) is 11.9 Å². The summed E-state index contributed by atoms with van der Waals surface area (Å²) in [5.74, 6) is -0.119. The molecule has 128 valence electrons. The number of anilines is 1. The molecule has 1 aliphatic heterocycles. The molecule has 1 fully saturated rings. The molecule has 2 N–H and O–H groups in total. The molecule has 9 heteroatoms. The standard InChI is InChI=1S/C15H16F3N5O/c16-15(17,18)12-5-3-6-13(21-12)22-14(24)23-7-2-1-4-11(23)10-8-19-20-9-10/h3,5-6,8-9,11H,1-2,4,7H2,(H,19,20)(H,21,22,24). The van der Waals surface area contributed by atoms with E-state index >= 15 is 0 Å². The van der Waals surface area contributed by atoms with Crippen LogP contribution in [0.5, 0.6) is 0 Å². The summed E-state index contributed by atoms with van der Waals surface area (Å²) in [7, 11) is 0. The number of hydrogen-bond acceptors (Lipinski definition) is 3. The van der Waals surface area contributed by atoms with Crippen LogP contribution in [0.1, 0.15) is 36.6 Å². The zero-order chi connectivity index (χ0) is 17.2. The number of aromatic amines is 1. The number of pyridine rings is 1. The van der Waals surface area contributed by atoms with Gasteiger partial charge in [-0.2, -0.15) is 18.3 Å². The van der Waals surface area contributed by atoms with Crippen molar-refractivity contribution in [2.24, 2.45) is 0 Å². The Morgan fingerprint density at radius 2 is 2.17 bits per heavy atom. The van der Waals surface area contributed by atoms with Crippen molar-refractivity contribution in [3.63, 3.8) is 0 Å². The molecule has 3 heterocycles. The van der Waals surface area contributed by atoms with Gasteiger partial charge in [-0.3, -0.25) is 10.4 Å². The smallest absolute Gasteiger partial charge is 0.317 e. The van der Waals surface area contributed by atoms with Crippen LogP contribution in [0, 0.1) is 0 Å². The van der Waals surface area contributed by atoms with Gasteiger partial charge in [0.2, 0.25) is 0 Å². The lowest BCUT2D eigenvalue weighted by Crippen LogP contribution is -2.41. The van der Waals surface area contributed by atoms with Crippen molar-refractivity contribution in [3.8, 4) is 0 Å². The molecule has 2 aromatic heterocycles. The number of urea groups is 1. The van der Waals surface area contributed by atoms with Crippen molar-refractivity contribution in [2.75, 3.05) is 11.9 Å². The van der Waals surface area contributed by atoms with Gasteiger partial charge in [-0.05, 0) is 31.4 Å². The Morgan fingerprint density at radius 3 is 2.88 bits per heavy atom. The molecule has 0 saturated carbocycles. The van der Waals surface area contributed by atoms with Gasteiger partial charge in [-0.1, -0.05) is 6.07 Å². The number of alkyl halides is 3. The molecule has 1 atom stereocenters. The maximum Gasteiger partial charge on any atom is 0.433 e. The number of hydrogen-bond donors (Lipinski definition) is 2. The summed E-state index contributed by atoms with van der Waals surface area (Å²) in [6.45, 7) is 0.528. The molecule has 2 aromatic rings. The van der Waals surface area contributed by atoms with Crippen molar-refractivity contribution in [1.82, 2.24) is 20.1 Å². The fraction of sp³-hybridized carbons (Fsp3) is 0.400. The molecule has 1 unspecified atom stereocenters. The van der Waals surface area contributed by atoms with Gasteiger partial charge in [0.15, 0.2) is 0 Å². The van der Waals surface area contributed by atoms with Gasteiger partial charge in [0.05, 0.1) is 12.2 Å². The second kappa shape index (κ2) is 6.50. The highest BCUT2D eigenvalue weighted by molar-refractivity contribution is 5.88. The van der Waals surface area contributed by atoms with E-state index in [0.29, 0.717) is 6.54 Å². The van der Waals surface area contributed by atoms with Gasteiger partial charge in [0, 0.05) is 18.3 Å². The highest BCUT2D eigenvalue weighted by atomic mass is 19.4. The van der Waals surface area contributed by atoms with Crippen LogP contribution in [-0.2, 0) is 6.18 Å². The Bertz CT molecular complexity index is 701. The average molecular weight is 339 g/mol. The topological polar surface area (TPSA) is 73.9 Å². The second-order valence-corrected chi connectivity index (χ2v) is 5.57.